The number of hydrogen-bond donors (Lipinski definition) is 0. The lowest BCUT2D eigenvalue weighted by Crippen LogP contribution is -2.60. The molecular weight excluding hydrogens is 348 g/mol. The standard InChI is InChI=1S/C21H21F2N3O/c22-15-3-1-13(2-4-15)17-12-26(21(27)16-5-8-24-11-18(16)23)19-14-6-9-25(10-7-14)20(17)19/h1-5,8,11,14,17,19-20H,6-7,9-10,12H2/t17-,19+,20+/m1/s1. The first-order valence-corrected chi connectivity index (χ1v) is 9.53. The minimum Gasteiger partial charge on any atom is -0.333 e. The maximum absolute atomic E-state index is 14.2. The fraction of sp³-hybridized carbons (Fsp3) is 0.429. The normalized spacial score (nSPS) is 31.8. The van der Waals surface area contributed by atoms with Crippen molar-refractivity contribution >= 4 is 5.91 Å². The van der Waals surface area contributed by atoms with E-state index < -0.39 is 5.82 Å². The molecule has 5 heterocycles. The highest BCUT2D eigenvalue weighted by molar-refractivity contribution is 5.95. The van der Waals surface area contributed by atoms with Crippen molar-refractivity contribution in [3.63, 3.8) is 0 Å². The van der Waals surface area contributed by atoms with Gasteiger partial charge in [-0.15, -0.1) is 0 Å². The predicted molar refractivity (Wildman–Crippen MR) is 96.2 cm³/mol. The molecule has 2 bridgehead atoms. The van der Waals surface area contributed by atoms with Gasteiger partial charge < -0.3 is 4.90 Å². The number of amides is 1. The number of benzene rings is 1. The summed E-state index contributed by atoms with van der Waals surface area (Å²) in [5.74, 6) is -0.536. The number of fused-ring (bicyclic) bond motifs is 2. The van der Waals surface area contributed by atoms with Crippen molar-refractivity contribution in [2.45, 2.75) is 30.8 Å². The number of pyridine rings is 1. The summed E-state index contributed by atoms with van der Waals surface area (Å²) in [7, 11) is 0. The fourth-order valence-electron chi connectivity index (χ4n) is 5.36. The summed E-state index contributed by atoms with van der Waals surface area (Å²) in [4.78, 5) is 21.3. The Bertz CT molecular complexity index is 864. The average Bonchev–Trinajstić information content (AvgIpc) is 3.12. The Morgan fingerprint density at radius 1 is 1.04 bits per heavy atom. The Hall–Kier alpha value is -2.34. The third-order valence-corrected chi connectivity index (χ3v) is 6.56. The van der Waals surface area contributed by atoms with Gasteiger partial charge in [0, 0.05) is 24.7 Å². The van der Waals surface area contributed by atoms with Gasteiger partial charge in [0.15, 0.2) is 5.82 Å². The molecule has 1 aromatic heterocycles. The monoisotopic (exact) mass is 369 g/mol. The first-order valence-electron chi connectivity index (χ1n) is 9.53. The molecule has 4 nitrogen and oxygen atoms in total. The Labute approximate surface area is 156 Å². The van der Waals surface area contributed by atoms with Crippen LogP contribution >= 0.6 is 0 Å². The number of likely N-dealkylation sites (tertiary alicyclic amines) is 1. The number of piperidine rings is 3. The van der Waals surface area contributed by atoms with E-state index in [1.165, 1.54) is 24.4 Å². The molecule has 27 heavy (non-hydrogen) atoms. The summed E-state index contributed by atoms with van der Waals surface area (Å²) in [6, 6.07) is 8.36. The van der Waals surface area contributed by atoms with Gasteiger partial charge in [0.1, 0.15) is 5.82 Å². The topological polar surface area (TPSA) is 36.4 Å². The molecule has 0 spiro atoms. The molecule has 0 aliphatic carbocycles. The highest BCUT2D eigenvalue weighted by Crippen LogP contribution is 2.47. The number of rotatable bonds is 2. The molecule has 4 fully saturated rings. The molecule has 140 valence electrons. The lowest BCUT2D eigenvalue weighted by atomic mass is 9.75. The van der Waals surface area contributed by atoms with E-state index in [0.29, 0.717) is 12.5 Å². The molecule has 4 saturated heterocycles. The minimum atomic E-state index is -0.578. The van der Waals surface area contributed by atoms with Crippen LogP contribution in [0.15, 0.2) is 42.7 Å². The first-order chi connectivity index (χ1) is 13.1. The average molecular weight is 369 g/mol. The van der Waals surface area contributed by atoms with Crippen molar-refractivity contribution in [3.8, 4) is 0 Å². The fourth-order valence-corrected chi connectivity index (χ4v) is 5.36. The summed E-state index contributed by atoms with van der Waals surface area (Å²) in [6.45, 7) is 2.61. The molecule has 6 rings (SSSR count). The van der Waals surface area contributed by atoms with E-state index in [1.807, 2.05) is 17.0 Å². The smallest absolute Gasteiger partial charge is 0.257 e. The van der Waals surface area contributed by atoms with Gasteiger partial charge in [-0.1, -0.05) is 12.1 Å². The molecule has 0 N–H and O–H groups in total. The Morgan fingerprint density at radius 3 is 2.48 bits per heavy atom. The highest BCUT2D eigenvalue weighted by Gasteiger charge is 2.54. The van der Waals surface area contributed by atoms with Crippen molar-refractivity contribution in [2.24, 2.45) is 5.92 Å². The molecule has 4 aliphatic rings. The zero-order valence-electron chi connectivity index (χ0n) is 14.9. The number of nitrogens with zero attached hydrogens (tertiary/aromatic N) is 3. The molecule has 3 atom stereocenters. The van der Waals surface area contributed by atoms with Crippen LogP contribution in [0.25, 0.3) is 0 Å². The molecule has 2 aromatic rings. The summed E-state index contributed by atoms with van der Waals surface area (Å²) < 4.78 is 27.6. The molecule has 0 unspecified atom stereocenters. The third kappa shape index (κ3) is 2.65. The van der Waals surface area contributed by atoms with E-state index in [2.05, 4.69) is 9.88 Å². The number of carbonyl (C=O) groups excluding carboxylic acids is 1. The van der Waals surface area contributed by atoms with Gasteiger partial charge in [-0.25, -0.2) is 8.78 Å². The van der Waals surface area contributed by atoms with Crippen molar-refractivity contribution in [1.82, 2.24) is 14.8 Å². The zero-order chi connectivity index (χ0) is 18.5. The first kappa shape index (κ1) is 16.8. The van der Waals surface area contributed by atoms with Crippen molar-refractivity contribution < 1.29 is 13.6 Å². The van der Waals surface area contributed by atoms with Gasteiger partial charge in [-0.05, 0) is 55.6 Å². The lowest BCUT2D eigenvalue weighted by molar-refractivity contribution is -0.00354. The van der Waals surface area contributed by atoms with Crippen LogP contribution in [0, 0.1) is 17.6 Å². The van der Waals surface area contributed by atoms with E-state index in [0.717, 1.165) is 37.7 Å². The van der Waals surface area contributed by atoms with Gasteiger partial charge in [-0.2, -0.15) is 0 Å². The predicted octanol–water partition coefficient (Wildman–Crippen LogP) is 3.06. The lowest BCUT2D eigenvalue weighted by Gasteiger charge is -2.51. The quantitative estimate of drug-likeness (QED) is 0.816. The van der Waals surface area contributed by atoms with Crippen LogP contribution in [-0.4, -0.2) is 52.4 Å². The van der Waals surface area contributed by atoms with Gasteiger partial charge >= 0.3 is 0 Å². The van der Waals surface area contributed by atoms with E-state index in [9.17, 15) is 13.6 Å². The van der Waals surface area contributed by atoms with Crippen LogP contribution in [0.4, 0.5) is 8.78 Å². The molecule has 6 heteroatoms. The SMILES string of the molecule is O=C(c1ccncc1F)N1C[C@H](c2ccc(F)cc2)[C@H]2[C@@H]1C1CCN2CC1. The number of hydrogen-bond acceptors (Lipinski definition) is 3. The van der Waals surface area contributed by atoms with Crippen LogP contribution in [0.2, 0.25) is 0 Å². The summed E-state index contributed by atoms with van der Waals surface area (Å²) in [5.41, 5.74) is 1.13. The molecule has 1 aromatic carbocycles. The Kier molecular flexibility index (Phi) is 3.97. The maximum Gasteiger partial charge on any atom is 0.257 e. The number of carbonyl (C=O) groups is 1. The van der Waals surface area contributed by atoms with E-state index >= 15 is 0 Å². The van der Waals surface area contributed by atoms with Crippen molar-refractivity contribution in [2.75, 3.05) is 19.6 Å². The second kappa shape index (κ2) is 6.37. The van der Waals surface area contributed by atoms with Crippen LogP contribution in [-0.2, 0) is 0 Å². The van der Waals surface area contributed by atoms with Crippen LogP contribution in [0.5, 0.6) is 0 Å². The van der Waals surface area contributed by atoms with Crippen LogP contribution in [0.3, 0.4) is 0 Å². The Morgan fingerprint density at radius 2 is 1.78 bits per heavy atom. The maximum atomic E-state index is 14.2. The van der Waals surface area contributed by atoms with Crippen LogP contribution in [0.1, 0.15) is 34.7 Å². The van der Waals surface area contributed by atoms with Gasteiger partial charge in [0.25, 0.3) is 5.91 Å². The van der Waals surface area contributed by atoms with Crippen molar-refractivity contribution in [1.29, 1.82) is 0 Å². The van der Waals surface area contributed by atoms with Crippen LogP contribution < -0.4 is 0 Å². The largest absolute Gasteiger partial charge is 0.333 e. The summed E-state index contributed by atoms with van der Waals surface area (Å²) in [5, 5.41) is 0. The minimum absolute atomic E-state index is 0.0833. The Balaban J connectivity index is 1.53. The zero-order valence-corrected chi connectivity index (χ0v) is 14.9. The van der Waals surface area contributed by atoms with E-state index in [-0.39, 0.29) is 35.3 Å². The second-order valence-electron chi connectivity index (χ2n) is 7.83. The number of halogens is 2. The summed E-state index contributed by atoms with van der Waals surface area (Å²) >= 11 is 0. The molecule has 0 saturated carbocycles. The van der Waals surface area contributed by atoms with Gasteiger partial charge in [0.2, 0.25) is 0 Å². The number of aromatic nitrogens is 1. The molecular formula is C21H21F2N3O. The van der Waals surface area contributed by atoms with E-state index in [1.54, 1.807) is 0 Å². The van der Waals surface area contributed by atoms with Gasteiger partial charge in [0.05, 0.1) is 17.8 Å². The molecule has 0 radical (unpaired) electrons. The van der Waals surface area contributed by atoms with Crippen molar-refractivity contribution in [3.05, 3.63) is 65.5 Å². The third-order valence-electron chi connectivity index (χ3n) is 6.56. The summed E-state index contributed by atoms with van der Waals surface area (Å²) in [6.07, 6.45) is 4.69. The molecule has 1 amide bonds. The highest BCUT2D eigenvalue weighted by atomic mass is 19.1. The molecule has 4 aliphatic heterocycles. The van der Waals surface area contributed by atoms with E-state index in [4.69, 9.17) is 0 Å². The van der Waals surface area contributed by atoms with Gasteiger partial charge in [-0.3, -0.25) is 14.7 Å². The second-order valence-corrected chi connectivity index (χ2v) is 7.83.